The highest BCUT2D eigenvalue weighted by Crippen LogP contribution is 2.26. The summed E-state index contributed by atoms with van der Waals surface area (Å²) in [6, 6.07) is 23.6. The van der Waals surface area contributed by atoms with Crippen LogP contribution in [0.2, 0.25) is 5.02 Å². The minimum absolute atomic E-state index is 0.0664. The molecular formula is C28H24ClN3OS. The summed E-state index contributed by atoms with van der Waals surface area (Å²) >= 11 is 7.73. The lowest BCUT2D eigenvalue weighted by molar-refractivity contribution is -0.112. The quantitative estimate of drug-likeness (QED) is 0.170. The van der Waals surface area contributed by atoms with Crippen LogP contribution in [0.3, 0.4) is 0 Å². The number of fused-ring (bicyclic) bond motifs is 1. The topological polar surface area (TPSA) is 57.8 Å². The number of para-hydroxylation sites is 1. The van der Waals surface area contributed by atoms with Gasteiger partial charge in [-0.25, -0.2) is 0 Å². The third-order valence-electron chi connectivity index (χ3n) is 5.66. The Labute approximate surface area is 208 Å². The smallest absolute Gasteiger partial charge is 0.266 e. The number of halogens is 1. The van der Waals surface area contributed by atoms with Crippen molar-refractivity contribution in [2.24, 2.45) is 0 Å². The number of carbonyl (C=O) groups is 1. The molecule has 0 aliphatic rings. The summed E-state index contributed by atoms with van der Waals surface area (Å²) in [4.78, 5) is 14.0. The third kappa shape index (κ3) is 5.53. The van der Waals surface area contributed by atoms with Crippen LogP contribution in [0.5, 0.6) is 0 Å². The lowest BCUT2D eigenvalue weighted by Crippen LogP contribution is -2.13. The van der Waals surface area contributed by atoms with Crippen molar-refractivity contribution in [2.45, 2.75) is 25.3 Å². The van der Waals surface area contributed by atoms with E-state index < -0.39 is 5.91 Å². The molecule has 6 heteroatoms. The van der Waals surface area contributed by atoms with E-state index in [1.165, 1.54) is 0 Å². The van der Waals surface area contributed by atoms with E-state index in [1.807, 2.05) is 80.7 Å². The van der Waals surface area contributed by atoms with E-state index in [0.717, 1.165) is 49.8 Å². The van der Waals surface area contributed by atoms with E-state index in [0.29, 0.717) is 5.69 Å². The molecule has 0 bridgehead atoms. The lowest BCUT2D eigenvalue weighted by Gasteiger charge is -2.07. The van der Waals surface area contributed by atoms with Gasteiger partial charge in [-0.3, -0.25) is 4.79 Å². The molecule has 0 fully saturated rings. The van der Waals surface area contributed by atoms with Gasteiger partial charge >= 0.3 is 0 Å². The molecule has 0 radical (unpaired) electrons. The Morgan fingerprint density at radius 2 is 1.85 bits per heavy atom. The standard InChI is InChI=1S/C28H24ClN3OS/c1-19-7-10-24(15-20(19)2)31-28(33)21(17-30)16-22-18-32(27-6-4-3-5-26(22)27)13-14-34-25-11-8-23(29)9-12-25/h3-12,15-16,18H,13-14H2,1-2H3,(H,31,33)/b21-16-. The molecule has 170 valence electrons. The van der Waals surface area contributed by atoms with E-state index in [9.17, 15) is 10.1 Å². The Hall–Kier alpha value is -3.46. The number of nitriles is 1. The summed E-state index contributed by atoms with van der Waals surface area (Å²) in [5.74, 6) is 0.461. The molecule has 1 aromatic heterocycles. The van der Waals surface area contributed by atoms with Crippen LogP contribution >= 0.6 is 23.4 Å². The molecule has 4 rings (SSSR count). The van der Waals surface area contributed by atoms with Gasteiger partial charge in [0.15, 0.2) is 0 Å². The van der Waals surface area contributed by atoms with Crippen molar-refractivity contribution in [3.63, 3.8) is 0 Å². The Balaban J connectivity index is 1.55. The fourth-order valence-electron chi connectivity index (χ4n) is 3.69. The zero-order valence-corrected chi connectivity index (χ0v) is 20.6. The lowest BCUT2D eigenvalue weighted by atomic mass is 10.1. The Bertz CT molecular complexity index is 1410. The second kappa shape index (κ2) is 10.6. The first-order valence-corrected chi connectivity index (χ1v) is 12.3. The zero-order chi connectivity index (χ0) is 24.1. The molecule has 4 aromatic rings. The highest BCUT2D eigenvalue weighted by molar-refractivity contribution is 7.99. The van der Waals surface area contributed by atoms with E-state index in [2.05, 4.69) is 22.0 Å². The van der Waals surface area contributed by atoms with Crippen LogP contribution in [0.1, 0.15) is 16.7 Å². The SMILES string of the molecule is Cc1ccc(NC(=O)/C(C#N)=C\c2cn(CCSc3ccc(Cl)cc3)c3ccccc23)cc1C. The molecule has 34 heavy (non-hydrogen) atoms. The van der Waals surface area contributed by atoms with E-state index in [1.54, 1.807) is 17.8 Å². The van der Waals surface area contributed by atoms with Crippen LogP contribution in [-0.4, -0.2) is 16.2 Å². The molecule has 0 aliphatic carbocycles. The van der Waals surface area contributed by atoms with Crippen molar-refractivity contribution < 1.29 is 4.79 Å². The van der Waals surface area contributed by atoms with E-state index >= 15 is 0 Å². The molecule has 0 unspecified atom stereocenters. The first-order valence-electron chi connectivity index (χ1n) is 10.9. The zero-order valence-electron chi connectivity index (χ0n) is 19.0. The van der Waals surface area contributed by atoms with Crippen molar-refractivity contribution in [1.29, 1.82) is 5.26 Å². The summed E-state index contributed by atoms with van der Waals surface area (Å²) in [5, 5.41) is 14.3. The van der Waals surface area contributed by atoms with Gasteiger partial charge in [-0.15, -0.1) is 11.8 Å². The fourth-order valence-corrected chi connectivity index (χ4v) is 4.67. The third-order valence-corrected chi connectivity index (χ3v) is 6.91. The average molecular weight is 486 g/mol. The highest BCUT2D eigenvalue weighted by atomic mass is 35.5. The Kier molecular flexibility index (Phi) is 7.42. The second-order valence-corrected chi connectivity index (χ2v) is 9.63. The number of rotatable bonds is 7. The summed E-state index contributed by atoms with van der Waals surface area (Å²) < 4.78 is 2.17. The molecule has 0 saturated carbocycles. The minimum atomic E-state index is -0.416. The van der Waals surface area contributed by atoms with Crippen LogP contribution in [0.15, 0.2) is 83.4 Å². The van der Waals surface area contributed by atoms with E-state index in [-0.39, 0.29) is 5.57 Å². The molecule has 4 nitrogen and oxygen atoms in total. The van der Waals surface area contributed by atoms with Crippen LogP contribution in [0.4, 0.5) is 5.69 Å². The predicted molar refractivity (Wildman–Crippen MR) is 142 cm³/mol. The number of amides is 1. The second-order valence-electron chi connectivity index (χ2n) is 8.02. The summed E-state index contributed by atoms with van der Waals surface area (Å²) in [5.41, 5.74) is 4.89. The first-order chi connectivity index (χ1) is 16.4. The Morgan fingerprint density at radius 3 is 2.59 bits per heavy atom. The van der Waals surface area contributed by atoms with Gasteiger partial charge in [-0.1, -0.05) is 35.9 Å². The van der Waals surface area contributed by atoms with Gasteiger partial charge in [0.2, 0.25) is 0 Å². The maximum absolute atomic E-state index is 12.8. The van der Waals surface area contributed by atoms with E-state index in [4.69, 9.17) is 11.6 Å². The first kappa shape index (κ1) is 23.7. The average Bonchev–Trinajstić information content (AvgIpc) is 3.18. The molecule has 1 N–H and O–H groups in total. The Morgan fingerprint density at radius 1 is 1.09 bits per heavy atom. The van der Waals surface area contributed by atoms with Gasteiger partial charge < -0.3 is 9.88 Å². The number of nitrogens with zero attached hydrogens (tertiary/aromatic N) is 2. The van der Waals surface area contributed by atoms with Crippen LogP contribution < -0.4 is 5.32 Å². The number of aryl methyl sites for hydroxylation is 3. The maximum Gasteiger partial charge on any atom is 0.266 e. The maximum atomic E-state index is 12.8. The normalized spacial score (nSPS) is 11.4. The van der Waals surface area contributed by atoms with Gasteiger partial charge in [0.25, 0.3) is 5.91 Å². The van der Waals surface area contributed by atoms with Crippen molar-refractivity contribution >= 4 is 51.9 Å². The van der Waals surface area contributed by atoms with Crippen molar-refractivity contribution in [3.05, 3.63) is 100 Å². The van der Waals surface area contributed by atoms with Gasteiger partial charge in [0.05, 0.1) is 0 Å². The number of thioether (sulfide) groups is 1. The van der Waals surface area contributed by atoms with Gasteiger partial charge in [0.1, 0.15) is 11.6 Å². The molecular weight excluding hydrogens is 462 g/mol. The van der Waals surface area contributed by atoms with Crippen molar-refractivity contribution in [1.82, 2.24) is 4.57 Å². The highest BCUT2D eigenvalue weighted by Gasteiger charge is 2.13. The number of benzene rings is 3. The number of anilines is 1. The minimum Gasteiger partial charge on any atom is -0.346 e. The molecule has 0 saturated heterocycles. The van der Waals surface area contributed by atoms with Crippen molar-refractivity contribution in [3.8, 4) is 6.07 Å². The number of hydrogen-bond donors (Lipinski definition) is 1. The predicted octanol–water partition coefficient (Wildman–Crippen LogP) is 7.25. The largest absolute Gasteiger partial charge is 0.346 e. The molecule has 1 amide bonds. The van der Waals surface area contributed by atoms with Gasteiger partial charge in [-0.2, -0.15) is 5.26 Å². The molecule has 0 aliphatic heterocycles. The number of hydrogen-bond acceptors (Lipinski definition) is 3. The molecule has 0 spiro atoms. The van der Waals surface area contributed by atoms with Crippen LogP contribution in [0.25, 0.3) is 17.0 Å². The summed E-state index contributed by atoms with van der Waals surface area (Å²) in [6.45, 7) is 4.80. The number of carbonyl (C=O) groups excluding carboxylic acids is 1. The molecule has 0 atom stereocenters. The number of aromatic nitrogens is 1. The van der Waals surface area contributed by atoms with Crippen LogP contribution in [0, 0.1) is 25.2 Å². The van der Waals surface area contributed by atoms with Gasteiger partial charge in [-0.05, 0) is 73.5 Å². The number of nitrogens with one attached hydrogen (secondary N) is 1. The van der Waals surface area contributed by atoms with Crippen LogP contribution in [-0.2, 0) is 11.3 Å². The monoisotopic (exact) mass is 485 g/mol. The molecule has 1 heterocycles. The molecule has 3 aromatic carbocycles. The van der Waals surface area contributed by atoms with Crippen molar-refractivity contribution in [2.75, 3.05) is 11.1 Å². The fraction of sp³-hybridized carbons (Fsp3) is 0.143. The summed E-state index contributed by atoms with van der Waals surface area (Å²) in [6.07, 6.45) is 3.68. The van der Waals surface area contributed by atoms with Gasteiger partial charge in [0, 0.05) is 50.6 Å². The summed E-state index contributed by atoms with van der Waals surface area (Å²) in [7, 11) is 0.